The molecule has 0 aliphatic carbocycles. The Morgan fingerprint density at radius 1 is 1.45 bits per heavy atom. The van der Waals surface area contributed by atoms with Crippen LogP contribution in [0.5, 0.6) is 0 Å². The van der Waals surface area contributed by atoms with Crippen LogP contribution in [0.1, 0.15) is 25.2 Å². The van der Waals surface area contributed by atoms with Crippen molar-refractivity contribution in [2.45, 2.75) is 25.8 Å². The number of hydrogen-bond acceptors (Lipinski definition) is 5. The molecule has 2 rings (SSSR count). The molecule has 2 heterocycles. The van der Waals surface area contributed by atoms with Crippen LogP contribution in [-0.2, 0) is 16.8 Å². The molecular weight excluding hydrogens is 274 g/mol. The van der Waals surface area contributed by atoms with E-state index in [1.54, 1.807) is 25.4 Å². The minimum Gasteiger partial charge on any atom is -0.481 e. The monoisotopic (exact) mass is 291 g/mol. The second kappa shape index (κ2) is 5.58. The summed E-state index contributed by atoms with van der Waals surface area (Å²) in [7, 11) is 1.92. The molecular formula is C14H17N3O2S. The molecule has 0 unspecified atom stereocenters. The van der Waals surface area contributed by atoms with Gasteiger partial charge in [0.05, 0.1) is 17.9 Å². The van der Waals surface area contributed by atoms with Crippen LogP contribution >= 0.6 is 11.3 Å². The third kappa shape index (κ3) is 2.96. The SMILES string of the molecule is CN(Cc1ccccn1)c1nc(C(C)(C)C(=O)O)cs1. The number of carboxylic acid groups (broad SMARTS) is 1. The van der Waals surface area contributed by atoms with Crippen LogP contribution in [0.15, 0.2) is 29.8 Å². The van der Waals surface area contributed by atoms with Crippen molar-refractivity contribution in [1.82, 2.24) is 9.97 Å². The summed E-state index contributed by atoms with van der Waals surface area (Å²) in [5.74, 6) is -0.873. The minimum atomic E-state index is -0.972. The predicted octanol–water partition coefficient (Wildman–Crippen LogP) is 2.54. The van der Waals surface area contributed by atoms with Gasteiger partial charge in [-0.25, -0.2) is 4.98 Å². The molecule has 0 atom stereocenters. The van der Waals surface area contributed by atoms with E-state index in [0.717, 1.165) is 10.8 Å². The van der Waals surface area contributed by atoms with E-state index in [-0.39, 0.29) is 0 Å². The summed E-state index contributed by atoms with van der Waals surface area (Å²) in [5, 5.41) is 11.8. The van der Waals surface area contributed by atoms with Crippen molar-refractivity contribution in [1.29, 1.82) is 0 Å². The maximum Gasteiger partial charge on any atom is 0.315 e. The Morgan fingerprint density at radius 2 is 2.20 bits per heavy atom. The van der Waals surface area contributed by atoms with Crippen molar-refractivity contribution in [3.8, 4) is 0 Å². The van der Waals surface area contributed by atoms with Gasteiger partial charge in [0.15, 0.2) is 5.13 Å². The summed E-state index contributed by atoms with van der Waals surface area (Å²) >= 11 is 1.44. The Hall–Kier alpha value is -1.95. The highest BCUT2D eigenvalue weighted by Gasteiger charge is 2.32. The summed E-state index contributed by atoms with van der Waals surface area (Å²) in [6.07, 6.45) is 1.75. The molecule has 1 N–H and O–H groups in total. The van der Waals surface area contributed by atoms with E-state index >= 15 is 0 Å². The quantitative estimate of drug-likeness (QED) is 0.917. The second-order valence-electron chi connectivity index (χ2n) is 5.12. The highest BCUT2D eigenvalue weighted by Crippen LogP contribution is 2.29. The number of nitrogens with zero attached hydrogens (tertiary/aromatic N) is 3. The fourth-order valence-corrected chi connectivity index (χ4v) is 2.60. The Labute approximate surface area is 121 Å². The maximum absolute atomic E-state index is 11.2. The average molecular weight is 291 g/mol. The lowest BCUT2D eigenvalue weighted by molar-refractivity contribution is -0.142. The van der Waals surface area contributed by atoms with E-state index in [0.29, 0.717) is 12.2 Å². The van der Waals surface area contributed by atoms with Crippen molar-refractivity contribution in [2.24, 2.45) is 0 Å². The van der Waals surface area contributed by atoms with Crippen LogP contribution in [0, 0.1) is 0 Å². The maximum atomic E-state index is 11.2. The zero-order valence-electron chi connectivity index (χ0n) is 11.7. The van der Waals surface area contributed by atoms with E-state index in [1.165, 1.54) is 11.3 Å². The summed E-state index contributed by atoms with van der Waals surface area (Å²) in [5.41, 5.74) is 0.558. The standard InChI is InChI=1S/C14H17N3O2S/c1-14(2,12(18)19)11-9-20-13(16-11)17(3)8-10-6-4-5-7-15-10/h4-7,9H,8H2,1-3H3,(H,18,19). The second-order valence-corrected chi connectivity index (χ2v) is 5.96. The number of aliphatic carboxylic acids is 1. The van der Waals surface area contributed by atoms with Crippen molar-refractivity contribution in [2.75, 3.05) is 11.9 Å². The molecule has 0 aliphatic heterocycles. The average Bonchev–Trinajstić information content (AvgIpc) is 2.90. The van der Waals surface area contributed by atoms with Gasteiger partial charge in [-0.3, -0.25) is 9.78 Å². The highest BCUT2D eigenvalue weighted by molar-refractivity contribution is 7.13. The molecule has 0 radical (unpaired) electrons. The zero-order chi connectivity index (χ0) is 14.8. The Bertz CT molecular complexity index is 595. The molecule has 0 aliphatic rings. The van der Waals surface area contributed by atoms with Crippen LogP contribution in [0.4, 0.5) is 5.13 Å². The van der Waals surface area contributed by atoms with Gasteiger partial charge in [-0.2, -0.15) is 0 Å². The lowest BCUT2D eigenvalue weighted by atomic mass is 9.90. The number of pyridine rings is 1. The van der Waals surface area contributed by atoms with E-state index in [9.17, 15) is 9.90 Å². The van der Waals surface area contributed by atoms with Gasteiger partial charge in [0.2, 0.25) is 0 Å². The van der Waals surface area contributed by atoms with Crippen LogP contribution in [0.25, 0.3) is 0 Å². The first-order valence-corrected chi connectivity index (χ1v) is 7.09. The summed E-state index contributed by atoms with van der Waals surface area (Å²) in [6, 6.07) is 5.77. The highest BCUT2D eigenvalue weighted by atomic mass is 32.1. The normalized spacial score (nSPS) is 11.3. The Kier molecular flexibility index (Phi) is 4.04. The predicted molar refractivity (Wildman–Crippen MR) is 79.1 cm³/mol. The van der Waals surface area contributed by atoms with Gasteiger partial charge in [-0.15, -0.1) is 11.3 Å². The third-order valence-corrected chi connectivity index (χ3v) is 4.07. The fourth-order valence-electron chi connectivity index (χ4n) is 1.64. The first kappa shape index (κ1) is 14.5. The van der Waals surface area contributed by atoms with Gasteiger partial charge in [-0.1, -0.05) is 6.07 Å². The number of hydrogen-bond donors (Lipinski definition) is 1. The van der Waals surface area contributed by atoms with Crippen LogP contribution in [0.3, 0.4) is 0 Å². The number of aromatic nitrogens is 2. The van der Waals surface area contributed by atoms with Gasteiger partial charge in [-0.05, 0) is 26.0 Å². The van der Waals surface area contributed by atoms with Crippen molar-refractivity contribution >= 4 is 22.4 Å². The fraction of sp³-hybridized carbons (Fsp3) is 0.357. The summed E-state index contributed by atoms with van der Waals surface area (Å²) in [4.78, 5) is 21.9. The molecule has 0 spiro atoms. The van der Waals surface area contributed by atoms with Gasteiger partial charge in [0.1, 0.15) is 5.41 Å². The summed E-state index contributed by atoms with van der Waals surface area (Å²) in [6.45, 7) is 3.96. The number of carboxylic acids is 1. The Morgan fingerprint density at radius 3 is 2.80 bits per heavy atom. The van der Waals surface area contributed by atoms with Crippen molar-refractivity contribution in [3.63, 3.8) is 0 Å². The third-order valence-electron chi connectivity index (χ3n) is 3.12. The molecule has 6 heteroatoms. The van der Waals surface area contributed by atoms with Gasteiger partial charge >= 0.3 is 5.97 Å². The molecule has 2 aromatic rings. The van der Waals surface area contributed by atoms with Crippen LogP contribution in [-0.4, -0.2) is 28.1 Å². The molecule has 0 saturated carbocycles. The van der Waals surface area contributed by atoms with Crippen molar-refractivity contribution in [3.05, 3.63) is 41.2 Å². The van der Waals surface area contributed by atoms with E-state index in [4.69, 9.17) is 0 Å². The van der Waals surface area contributed by atoms with Gasteiger partial charge in [0.25, 0.3) is 0 Å². The molecule has 2 aromatic heterocycles. The molecule has 5 nitrogen and oxygen atoms in total. The molecule has 0 fully saturated rings. The van der Waals surface area contributed by atoms with E-state index < -0.39 is 11.4 Å². The molecule has 0 bridgehead atoms. The number of rotatable bonds is 5. The lowest BCUT2D eigenvalue weighted by Gasteiger charge is -2.17. The van der Waals surface area contributed by atoms with Crippen LogP contribution in [0.2, 0.25) is 0 Å². The van der Waals surface area contributed by atoms with E-state index in [2.05, 4.69) is 9.97 Å². The smallest absolute Gasteiger partial charge is 0.315 e. The number of carbonyl (C=O) groups is 1. The molecule has 0 aromatic carbocycles. The van der Waals surface area contributed by atoms with E-state index in [1.807, 2.05) is 30.1 Å². The zero-order valence-corrected chi connectivity index (χ0v) is 12.5. The van der Waals surface area contributed by atoms with Crippen molar-refractivity contribution < 1.29 is 9.90 Å². The summed E-state index contributed by atoms with van der Waals surface area (Å²) < 4.78 is 0. The molecule has 20 heavy (non-hydrogen) atoms. The lowest BCUT2D eigenvalue weighted by Crippen LogP contribution is -2.29. The van der Waals surface area contributed by atoms with Crippen LogP contribution < -0.4 is 4.90 Å². The first-order valence-electron chi connectivity index (χ1n) is 6.21. The van der Waals surface area contributed by atoms with Gasteiger partial charge in [0, 0.05) is 18.6 Å². The largest absolute Gasteiger partial charge is 0.481 e. The minimum absolute atomic E-state index is 0.581. The molecule has 0 saturated heterocycles. The molecule has 0 amide bonds. The Balaban J connectivity index is 2.15. The number of thiazole rings is 1. The van der Waals surface area contributed by atoms with Gasteiger partial charge < -0.3 is 10.0 Å². The molecule has 106 valence electrons. The topological polar surface area (TPSA) is 66.3 Å². The first-order chi connectivity index (χ1) is 9.41. The number of anilines is 1.